The summed E-state index contributed by atoms with van der Waals surface area (Å²) in [5, 5.41) is 8.81. The molecule has 0 amide bonds. The van der Waals surface area contributed by atoms with Crippen molar-refractivity contribution in [1.29, 1.82) is 0 Å². The Labute approximate surface area is 78.7 Å². The van der Waals surface area contributed by atoms with Crippen LogP contribution < -0.4 is 0 Å². The zero-order valence-corrected chi connectivity index (χ0v) is 9.21. The monoisotopic (exact) mass is 208 g/mol. The van der Waals surface area contributed by atoms with Crippen molar-refractivity contribution in [3.8, 4) is 0 Å². The molecule has 0 heterocycles. The smallest absolute Gasteiger partial charge is 0.316 e. The SMILES string of the molecule is CCOP(=O)(CC)C(CC)C(=O)O. The average Bonchev–Trinajstić information content (AvgIpc) is 2.05. The second-order valence-electron chi connectivity index (χ2n) is 2.72. The minimum Gasteiger partial charge on any atom is -0.481 e. The summed E-state index contributed by atoms with van der Waals surface area (Å²) in [5.41, 5.74) is -0.850. The molecule has 0 aliphatic rings. The summed E-state index contributed by atoms with van der Waals surface area (Å²) in [5.74, 6) is -1.03. The molecule has 0 fully saturated rings. The summed E-state index contributed by atoms with van der Waals surface area (Å²) in [7, 11) is -2.97. The largest absolute Gasteiger partial charge is 0.481 e. The van der Waals surface area contributed by atoms with E-state index in [1.165, 1.54) is 0 Å². The van der Waals surface area contributed by atoms with Crippen molar-refractivity contribution < 1.29 is 19.0 Å². The molecule has 5 heteroatoms. The lowest BCUT2D eigenvalue weighted by Crippen LogP contribution is -2.21. The van der Waals surface area contributed by atoms with Crippen molar-refractivity contribution in [3.63, 3.8) is 0 Å². The van der Waals surface area contributed by atoms with E-state index >= 15 is 0 Å². The van der Waals surface area contributed by atoms with Crippen molar-refractivity contribution >= 4 is 13.3 Å². The molecule has 2 unspecified atom stereocenters. The quantitative estimate of drug-likeness (QED) is 0.679. The summed E-state index contributed by atoms with van der Waals surface area (Å²) >= 11 is 0. The van der Waals surface area contributed by atoms with Crippen LogP contribution in [-0.4, -0.2) is 29.5 Å². The van der Waals surface area contributed by atoms with E-state index in [0.29, 0.717) is 13.0 Å². The van der Waals surface area contributed by atoms with Gasteiger partial charge in [0, 0.05) is 6.16 Å². The zero-order chi connectivity index (χ0) is 10.5. The van der Waals surface area contributed by atoms with E-state index in [9.17, 15) is 9.36 Å². The highest BCUT2D eigenvalue weighted by Crippen LogP contribution is 2.52. The highest BCUT2D eigenvalue weighted by Gasteiger charge is 2.36. The molecule has 0 aliphatic carbocycles. The predicted molar refractivity (Wildman–Crippen MR) is 51.5 cm³/mol. The van der Waals surface area contributed by atoms with Crippen LogP contribution in [0.25, 0.3) is 0 Å². The van der Waals surface area contributed by atoms with E-state index in [4.69, 9.17) is 9.63 Å². The second kappa shape index (κ2) is 5.40. The molecule has 0 aromatic carbocycles. The van der Waals surface area contributed by atoms with Gasteiger partial charge in [-0.1, -0.05) is 13.8 Å². The third-order valence-electron chi connectivity index (χ3n) is 1.94. The minimum absolute atomic E-state index is 0.283. The molecule has 0 aromatic rings. The van der Waals surface area contributed by atoms with Crippen LogP contribution in [0.15, 0.2) is 0 Å². The molecule has 0 spiro atoms. The van der Waals surface area contributed by atoms with Crippen LogP contribution in [0.3, 0.4) is 0 Å². The van der Waals surface area contributed by atoms with Gasteiger partial charge in [-0.2, -0.15) is 0 Å². The highest BCUT2D eigenvalue weighted by molar-refractivity contribution is 7.60. The molecule has 0 radical (unpaired) electrons. The summed E-state index contributed by atoms with van der Waals surface area (Å²) in [6.45, 7) is 5.42. The third kappa shape index (κ3) is 3.12. The number of rotatable bonds is 6. The normalized spacial score (nSPS) is 17.8. The topological polar surface area (TPSA) is 63.6 Å². The average molecular weight is 208 g/mol. The molecule has 0 saturated carbocycles. The minimum atomic E-state index is -2.97. The molecule has 78 valence electrons. The van der Waals surface area contributed by atoms with Gasteiger partial charge in [-0.05, 0) is 13.3 Å². The Morgan fingerprint density at radius 1 is 1.46 bits per heavy atom. The lowest BCUT2D eigenvalue weighted by molar-refractivity contribution is -0.136. The van der Waals surface area contributed by atoms with E-state index < -0.39 is 19.0 Å². The summed E-state index contributed by atoms with van der Waals surface area (Å²) < 4.78 is 17.0. The number of aliphatic carboxylic acids is 1. The standard InChI is InChI=1S/C8H17O4P/c1-4-7(8(9)10)13(11,6-3)12-5-2/h7H,4-6H2,1-3H3,(H,9,10). The van der Waals surface area contributed by atoms with Gasteiger partial charge >= 0.3 is 5.97 Å². The van der Waals surface area contributed by atoms with Crippen LogP contribution in [-0.2, 0) is 13.9 Å². The van der Waals surface area contributed by atoms with E-state index in [2.05, 4.69) is 0 Å². The summed E-state index contributed by atoms with van der Waals surface area (Å²) in [6, 6.07) is 0. The summed E-state index contributed by atoms with van der Waals surface area (Å²) in [4.78, 5) is 10.8. The first kappa shape index (κ1) is 12.7. The highest BCUT2D eigenvalue weighted by atomic mass is 31.2. The number of carboxylic acids is 1. The van der Waals surface area contributed by atoms with Gasteiger partial charge < -0.3 is 9.63 Å². The van der Waals surface area contributed by atoms with Gasteiger partial charge in [0.25, 0.3) is 0 Å². The third-order valence-corrected chi connectivity index (χ3v) is 5.05. The van der Waals surface area contributed by atoms with Crippen LogP contribution in [0.1, 0.15) is 27.2 Å². The van der Waals surface area contributed by atoms with Gasteiger partial charge in [-0.15, -0.1) is 0 Å². The number of carbonyl (C=O) groups is 1. The Hall–Kier alpha value is -0.340. The molecule has 0 aliphatic heterocycles. The molecule has 0 bridgehead atoms. The number of hydrogen-bond acceptors (Lipinski definition) is 3. The molecule has 2 atom stereocenters. The van der Waals surface area contributed by atoms with Crippen molar-refractivity contribution in [2.24, 2.45) is 0 Å². The van der Waals surface area contributed by atoms with Crippen LogP contribution in [0, 0.1) is 0 Å². The zero-order valence-electron chi connectivity index (χ0n) is 8.32. The lowest BCUT2D eigenvalue weighted by Gasteiger charge is -2.21. The predicted octanol–water partition coefficient (Wildman–Crippen LogP) is 2.18. The molecular formula is C8H17O4P. The lowest BCUT2D eigenvalue weighted by atomic mass is 10.3. The molecule has 0 aromatic heterocycles. The molecule has 0 saturated heterocycles. The van der Waals surface area contributed by atoms with Crippen molar-refractivity contribution in [3.05, 3.63) is 0 Å². The van der Waals surface area contributed by atoms with E-state index in [1.54, 1.807) is 20.8 Å². The van der Waals surface area contributed by atoms with Crippen LogP contribution in [0.5, 0.6) is 0 Å². The van der Waals surface area contributed by atoms with Gasteiger partial charge in [-0.25, -0.2) is 0 Å². The summed E-state index contributed by atoms with van der Waals surface area (Å²) in [6.07, 6.45) is 0.631. The Bertz CT molecular complexity index is 214. The number of hydrogen-bond donors (Lipinski definition) is 1. The van der Waals surface area contributed by atoms with E-state index in [-0.39, 0.29) is 6.16 Å². The first-order chi connectivity index (χ1) is 6.01. The van der Waals surface area contributed by atoms with Crippen LogP contribution >= 0.6 is 7.37 Å². The van der Waals surface area contributed by atoms with Crippen molar-refractivity contribution in [2.75, 3.05) is 12.8 Å². The van der Waals surface area contributed by atoms with Gasteiger partial charge in [0.05, 0.1) is 6.61 Å². The maximum atomic E-state index is 12.0. The van der Waals surface area contributed by atoms with Gasteiger partial charge in [-0.3, -0.25) is 9.36 Å². The van der Waals surface area contributed by atoms with E-state index in [0.717, 1.165) is 0 Å². The van der Waals surface area contributed by atoms with Crippen molar-refractivity contribution in [1.82, 2.24) is 0 Å². The van der Waals surface area contributed by atoms with Crippen molar-refractivity contribution in [2.45, 2.75) is 32.9 Å². The van der Waals surface area contributed by atoms with E-state index in [1.807, 2.05) is 0 Å². The second-order valence-corrected chi connectivity index (χ2v) is 5.69. The number of carboxylic acid groups (broad SMARTS) is 1. The fourth-order valence-corrected chi connectivity index (χ4v) is 3.37. The molecule has 13 heavy (non-hydrogen) atoms. The molecular weight excluding hydrogens is 191 g/mol. The van der Waals surface area contributed by atoms with Gasteiger partial charge in [0.2, 0.25) is 7.37 Å². The molecule has 1 N–H and O–H groups in total. The Morgan fingerprint density at radius 2 is 2.00 bits per heavy atom. The molecule has 4 nitrogen and oxygen atoms in total. The maximum Gasteiger partial charge on any atom is 0.316 e. The first-order valence-corrected chi connectivity index (χ1v) is 6.35. The maximum absolute atomic E-state index is 12.0. The van der Waals surface area contributed by atoms with Crippen LogP contribution in [0.2, 0.25) is 0 Å². The van der Waals surface area contributed by atoms with Crippen LogP contribution in [0.4, 0.5) is 0 Å². The fraction of sp³-hybridized carbons (Fsp3) is 0.875. The van der Waals surface area contributed by atoms with Gasteiger partial charge in [0.15, 0.2) is 0 Å². The van der Waals surface area contributed by atoms with Gasteiger partial charge in [0.1, 0.15) is 5.66 Å². The Morgan fingerprint density at radius 3 is 2.23 bits per heavy atom. The Balaban J connectivity index is 4.70. The fourth-order valence-electron chi connectivity index (χ4n) is 1.24. The Kier molecular flexibility index (Phi) is 5.26. The first-order valence-electron chi connectivity index (χ1n) is 4.47. The molecule has 0 rings (SSSR count).